The van der Waals surface area contributed by atoms with Crippen molar-refractivity contribution in [2.75, 3.05) is 44.5 Å². The molecule has 270 valence electrons. The molecule has 1 saturated carbocycles. The van der Waals surface area contributed by atoms with Crippen molar-refractivity contribution in [3.05, 3.63) is 83.6 Å². The average molecular weight is 712 g/mol. The Kier molecular flexibility index (Phi) is 12.5. The fraction of sp³-hybridized carbons (Fsp3) is 0.486. The first-order valence-corrected chi connectivity index (χ1v) is 18.5. The highest BCUT2D eigenvalue weighted by Crippen LogP contribution is 2.40. The Hall–Kier alpha value is -4.07. The maximum Gasteiger partial charge on any atom is 0.331 e. The molecule has 13 heteroatoms. The van der Waals surface area contributed by atoms with Gasteiger partial charge in [0.25, 0.3) is 16.0 Å². The Balaban J connectivity index is 1.26. The van der Waals surface area contributed by atoms with Gasteiger partial charge in [-0.3, -0.25) is 13.4 Å². The molecule has 1 saturated heterocycles. The Labute approximate surface area is 293 Å². The minimum absolute atomic E-state index is 0.0420. The van der Waals surface area contributed by atoms with Gasteiger partial charge >= 0.3 is 5.97 Å². The van der Waals surface area contributed by atoms with Crippen molar-refractivity contribution in [1.29, 1.82) is 0 Å². The predicted molar refractivity (Wildman–Crippen MR) is 185 cm³/mol. The van der Waals surface area contributed by atoms with Gasteiger partial charge in [0.05, 0.1) is 38.0 Å². The van der Waals surface area contributed by atoms with E-state index in [-0.39, 0.29) is 61.3 Å². The summed E-state index contributed by atoms with van der Waals surface area (Å²) in [6, 6.07) is 19.7. The molecule has 0 unspecified atom stereocenters. The number of nitrogens with one attached hydrogen (secondary N) is 1. The van der Waals surface area contributed by atoms with E-state index in [4.69, 9.17) is 18.4 Å². The van der Waals surface area contributed by atoms with Gasteiger partial charge in [0, 0.05) is 19.5 Å². The van der Waals surface area contributed by atoms with Gasteiger partial charge in [-0.25, -0.2) is 9.78 Å². The van der Waals surface area contributed by atoms with Crippen molar-refractivity contribution in [2.45, 2.75) is 69.6 Å². The zero-order valence-electron chi connectivity index (χ0n) is 28.8. The number of carbonyl (C=O) groups is 2. The molecule has 2 fully saturated rings. The van der Waals surface area contributed by atoms with Crippen LogP contribution in [-0.4, -0.2) is 76.5 Å². The van der Waals surface area contributed by atoms with Crippen molar-refractivity contribution < 1.29 is 40.8 Å². The monoisotopic (exact) mass is 711 g/mol. The van der Waals surface area contributed by atoms with Crippen LogP contribution in [0.15, 0.2) is 71.6 Å². The van der Waals surface area contributed by atoms with E-state index in [1.54, 1.807) is 32.0 Å². The third kappa shape index (κ3) is 9.37. The van der Waals surface area contributed by atoms with Gasteiger partial charge in [0.15, 0.2) is 0 Å². The van der Waals surface area contributed by atoms with E-state index in [0.717, 1.165) is 17.5 Å². The Morgan fingerprint density at radius 2 is 1.68 bits per heavy atom. The van der Waals surface area contributed by atoms with Crippen LogP contribution in [0.25, 0.3) is 0 Å². The number of rotatable bonds is 19. The molecule has 11 nitrogen and oxygen atoms in total. The van der Waals surface area contributed by atoms with Crippen LogP contribution in [-0.2, 0) is 35.2 Å². The number of amides is 1. The molecule has 3 aromatic rings. The van der Waals surface area contributed by atoms with Crippen molar-refractivity contribution in [1.82, 2.24) is 10.3 Å². The van der Waals surface area contributed by atoms with Gasteiger partial charge in [-0.1, -0.05) is 61.9 Å². The van der Waals surface area contributed by atoms with Gasteiger partial charge in [0.1, 0.15) is 23.0 Å². The molecular formula is C37H46FN3O8S. The molecule has 0 bridgehead atoms. The van der Waals surface area contributed by atoms with E-state index in [2.05, 4.69) is 10.3 Å². The second-order valence-electron chi connectivity index (χ2n) is 12.9. The minimum Gasteiger partial charge on any atom is -0.476 e. The summed E-state index contributed by atoms with van der Waals surface area (Å²) in [5.41, 5.74) is 1.38. The number of pyridine rings is 1. The topological polar surface area (TPSA) is 133 Å². The van der Waals surface area contributed by atoms with E-state index in [1.165, 1.54) is 18.2 Å². The molecule has 0 spiro atoms. The predicted octanol–water partition coefficient (Wildman–Crippen LogP) is 5.41. The number of hydrogen-bond donors (Lipinski definition) is 1. The maximum atomic E-state index is 13.5. The number of aryl methyl sites for hydroxylation is 1. The summed E-state index contributed by atoms with van der Waals surface area (Å²) in [6.45, 7) is 6.75. The SMILES string of the molecule is CCC(CC)(NC(=O)c1ccc(N2CC(OS(=O)(=O)c3ccc(C)cc3)C2)c(OC[C@H]2C[C@@H]2COCc2ccccc2)n1)C(=O)OCCCF. The first-order chi connectivity index (χ1) is 24.1. The zero-order chi connectivity index (χ0) is 35.7. The van der Waals surface area contributed by atoms with Gasteiger partial charge < -0.3 is 24.4 Å². The second-order valence-corrected chi connectivity index (χ2v) is 14.5. The molecular weight excluding hydrogens is 665 g/mol. The van der Waals surface area contributed by atoms with Crippen LogP contribution in [0.2, 0.25) is 0 Å². The molecule has 2 atom stereocenters. The van der Waals surface area contributed by atoms with E-state index >= 15 is 0 Å². The number of nitrogens with zero attached hydrogens (tertiary/aromatic N) is 2. The summed E-state index contributed by atoms with van der Waals surface area (Å²) in [7, 11) is -3.95. The van der Waals surface area contributed by atoms with E-state index in [9.17, 15) is 22.4 Å². The molecule has 1 aliphatic carbocycles. The van der Waals surface area contributed by atoms with Gasteiger partial charge in [0.2, 0.25) is 5.88 Å². The molecule has 2 aromatic carbocycles. The number of ether oxygens (including phenoxy) is 3. The van der Waals surface area contributed by atoms with Crippen molar-refractivity contribution in [3.8, 4) is 5.88 Å². The average Bonchev–Trinajstić information content (AvgIpc) is 3.86. The summed E-state index contributed by atoms with van der Waals surface area (Å²) < 4.78 is 61.2. The van der Waals surface area contributed by atoms with Crippen LogP contribution in [0.5, 0.6) is 5.88 Å². The maximum absolute atomic E-state index is 13.5. The van der Waals surface area contributed by atoms with Crippen LogP contribution in [0, 0.1) is 18.8 Å². The molecule has 2 aliphatic rings. The number of hydrogen-bond acceptors (Lipinski definition) is 10. The smallest absolute Gasteiger partial charge is 0.331 e. The van der Waals surface area contributed by atoms with Crippen LogP contribution >= 0.6 is 0 Å². The van der Waals surface area contributed by atoms with Crippen molar-refractivity contribution in [2.24, 2.45) is 11.8 Å². The Morgan fingerprint density at radius 3 is 2.36 bits per heavy atom. The molecule has 1 N–H and O–H groups in total. The number of anilines is 1. The van der Waals surface area contributed by atoms with Crippen LogP contribution in [0.4, 0.5) is 10.1 Å². The fourth-order valence-electron chi connectivity index (χ4n) is 5.75. The summed E-state index contributed by atoms with van der Waals surface area (Å²) in [6.07, 6.45) is 0.960. The summed E-state index contributed by atoms with van der Waals surface area (Å²) in [5, 5.41) is 2.81. The summed E-state index contributed by atoms with van der Waals surface area (Å²) in [5.74, 6) is -0.408. The van der Waals surface area contributed by atoms with Crippen molar-refractivity contribution >= 4 is 27.7 Å². The standard InChI is InChI=1S/C37H46FN3O8S/c1-4-37(5-2,36(43)47-19-9-18-38)40-34(42)32-16-17-33(41-21-30(22-41)49-50(44,45)31-14-12-26(3)13-15-31)35(39-32)48-25-29-20-28(29)24-46-23-27-10-7-6-8-11-27/h6-8,10-17,28-30H,4-5,9,18-25H2,1-3H3,(H,40,42)/t28-,29-/m1/s1. The lowest BCUT2D eigenvalue weighted by Crippen LogP contribution is -2.55. The minimum atomic E-state index is -3.95. The largest absolute Gasteiger partial charge is 0.476 e. The van der Waals surface area contributed by atoms with E-state index < -0.39 is 40.3 Å². The Bertz CT molecular complexity index is 1700. The van der Waals surface area contributed by atoms with Crippen molar-refractivity contribution in [3.63, 3.8) is 0 Å². The summed E-state index contributed by atoms with van der Waals surface area (Å²) in [4.78, 5) is 33.0. The van der Waals surface area contributed by atoms with E-state index in [0.29, 0.717) is 31.4 Å². The van der Waals surface area contributed by atoms with Gasteiger partial charge in [-0.15, -0.1) is 0 Å². The molecule has 5 rings (SSSR count). The number of esters is 1. The van der Waals surface area contributed by atoms with E-state index in [1.807, 2.05) is 42.2 Å². The number of halogens is 1. The van der Waals surface area contributed by atoms with Gasteiger partial charge in [-0.2, -0.15) is 8.42 Å². The quantitative estimate of drug-likeness (QED) is 0.0979. The lowest BCUT2D eigenvalue weighted by atomic mass is 9.92. The third-order valence-electron chi connectivity index (χ3n) is 9.24. The fourth-order valence-corrected chi connectivity index (χ4v) is 6.81. The lowest BCUT2D eigenvalue weighted by molar-refractivity contribution is -0.152. The van der Waals surface area contributed by atoms with Crippen LogP contribution in [0.1, 0.15) is 61.1 Å². The molecule has 1 aromatic heterocycles. The zero-order valence-corrected chi connectivity index (χ0v) is 29.6. The first-order valence-electron chi connectivity index (χ1n) is 17.1. The first kappa shape index (κ1) is 37.2. The highest BCUT2D eigenvalue weighted by atomic mass is 32.2. The molecule has 0 radical (unpaired) electrons. The van der Waals surface area contributed by atoms with Crippen LogP contribution < -0.4 is 15.0 Å². The third-order valence-corrected chi connectivity index (χ3v) is 10.6. The van der Waals surface area contributed by atoms with Gasteiger partial charge in [-0.05, 0) is 67.9 Å². The lowest BCUT2D eigenvalue weighted by Gasteiger charge is -2.40. The highest BCUT2D eigenvalue weighted by Gasteiger charge is 2.41. The molecule has 50 heavy (non-hydrogen) atoms. The summed E-state index contributed by atoms with van der Waals surface area (Å²) >= 11 is 0. The molecule has 1 aliphatic heterocycles. The second kappa shape index (κ2) is 16.8. The van der Waals surface area contributed by atoms with Crippen LogP contribution in [0.3, 0.4) is 0 Å². The number of carbonyl (C=O) groups excluding carboxylic acids is 2. The number of benzene rings is 2. The Morgan fingerprint density at radius 1 is 0.980 bits per heavy atom. The molecule has 1 amide bonds. The number of aromatic nitrogens is 1. The highest BCUT2D eigenvalue weighted by molar-refractivity contribution is 7.86. The number of alkyl halides is 1. The normalized spacial score (nSPS) is 17.6. The molecule has 2 heterocycles.